The number of pyridine rings is 1. The van der Waals surface area contributed by atoms with E-state index in [2.05, 4.69) is 9.72 Å². The molecule has 7 heteroatoms. The third kappa shape index (κ3) is 2.88. The Balaban J connectivity index is 2.77. The topological polar surface area (TPSA) is 48.4 Å². The van der Waals surface area contributed by atoms with Crippen molar-refractivity contribution in [2.24, 2.45) is 0 Å². The number of carbonyl (C=O) groups is 1. The van der Waals surface area contributed by atoms with Crippen molar-refractivity contribution in [3.8, 4) is 16.9 Å². The molecule has 0 spiro atoms. The Kier molecular flexibility index (Phi) is 4.35. The predicted molar refractivity (Wildman–Crippen MR) is 72.6 cm³/mol. The first kappa shape index (κ1) is 15.8. The van der Waals surface area contributed by atoms with Crippen molar-refractivity contribution in [2.75, 3.05) is 14.2 Å². The summed E-state index contributed by atoms with van der Waals surface area (Å²) in [6, 6.07) is 4.93. The fourth-order valence-electron chi connectivity index (χ4n) is 2.08. The van der Waals surface area contributed by atoms with Gasteiger partial charge in [0.15, 0.2) is 5.75 Å². The molecule has 0 amide bonds. The minimum atomic E-state index is -4.56. The molecule has 0 saturated carbocycles. The van der Waals surface area contributed by atoms with Crippen molar-refractivity contribution in [1.82, 2.24) is 4.98 Å². The molecule has 22 heavy (non-hydrogen) atoms. The van der Waals surface area contributed by atoms with E-state index in [4.69, 9.17) is 4.74 Å². The van der Waals surface area contributed by atoms with Crippen LogP contribution in [0.4, 0.5) is 13.2 Å². The summed E-state index contributed by atoms with van der Waals surface area (Å²) < 4.78 is 49.1. The monoisotopic (exact) mass is 311 g/mol. The predicted octanol–water partition coefficient (Wildman–Crippen LogP) is 3.56. The Labute approximate surface area is 124 Å². The lowest BCUT2D eigenvalue weighted by Gasteiger charge is -2.16. The quantitative estimate of drug-likeness (QED) is 0.813. The van der Waals surface area contributed by atoms with Crippen LogP contribution in [0.5, 0.6) is 5.75 Å². The smallest absolute Gasteiger partial charge is 0.417 e. The first-order valence-corrected chi connectivity index (χ1v) is 6.17. The third-order valence-electron chi connectivity index (χ3n) is 3.04. The highest BCUT2D eigenvalue weighted by molar-refractivity contribution is 6.00. The third-order valence-corrected chi connectivity index (χ3v) is 3.04. The molecule has 0 saturated heterocycles. The summed E-state index contributed by atoms with van der Waals surface area (Å²) >= 11 is 0. The number of hydrogen-bond donors (Lipinski definition) is 0. The number of rotatable bonds is 3. The second-order valence-electron chi connectivity index (χ2n) is 4.30. The van der Waals surface area contributed by atoms with Crippen LogP contribution < -0.4 is 4.74 Å². The molecule has 0 aliphatic heterocycles. The molecule has 0 bridgehead atoms. The van der Waals surface area contributed by atoms with E-state index < -0.39 is 17.7 Å². The molecule has 0 radical (unpaired) electrons. The zero-order chi connectivity index (χ0) is 16.3. The number of hydrogen-bond acceptors (Lipinski definition) is 4. The van der Waals surface area contributed by atoms with Gasteiger partial charge in [0.25, 0.3) is 0 Å². The van der Waals surface area contributed by atoms with Gasteiger partial charge in [0.05, 0.1) is 26.0 Å². The highest BCUT2D eigenvalue weighted by atomic mass is 19.4. The molecular weight excluding hydrogens is 299 g/mol. The van der Waals surface area contributed by atoms with Gasteiger partial charge >= 0.3 is 12.1 Å². The summed E-state index contributed by atoms with van der Waals surface area (Å²) in [6.07, 6.45) is -2.14. The fourth-order valence-corrected chi connectivity index (χ4v) is 2.08. The summed E-state index contributed by atoms with van der Waals surface area (Å²) in [5, 5.41) is 0. The van der Waals surface area contributed by atoms with Crippen molar-refractivity contribution >= 4 is 5.97 Å². The van der Waals surface area contributed by atoms with Gasteiger partial charge in [-0.2, -0.15) is 13.2 Å². The molecule has 4 nitrogen and oxygen atoms in total. The van der Waals surface area contributed by atoms with Gasteiger partial charge in [-0.15, -0.1) is 0 Å². The number of nitrogens with zero attached hydrogens (tertiary/aromatic N) is 1. The lowest BCUT2D eigenvalue weighted by atomic mass is 9.96. The molecule has 1 aromatic carbocycles. The molecule has 1 heterocycles. The summed E-state index contributed by atoms with van der Waals surface area (Å²) in [7, 11) is 2.44. The number of halogens is 3. The molecule has 0 aliphatic rings. The Bertz CT molecular complexity index is 699. The molecule has 0 aliphatic carbocycles. The first-order valence-electron chi connectivity index (χ1n) is 6.17. The second kappa shape index (κ2) is 6.05. The molecule has 0 N–H and O–H groups in total. The summed E-state index contributed by atoms with van der Waals surface area (Å²) in [4.78, 5) is 15.8. The van der Waals surface area contributed by atoms with E-state index in [9.17, 15) is 18.0 Å². The minimum Gasteiger partial charge on any atom is -0.494 e. The molecule has 1 aromatic heterocycles. The van der Waals surface area contributed by atoms with Crippen molar-refractivity contribution in [3.05, 3.63) is 47.8 Å². The zero-order valence-corrected chi connectivity index (χ0v) is 11.8. The van der Waals surface area contributed by atoms with Gasteiger partial charge in [0, 0.05) is 11.8 Å². The van der Waals surface area contributed by atoms with Crippen molar-refractivity contribution in [1.29, 1.82) is 0 Å². The minimum absolute atomic E-state index is 0.000810. The van der Waals surface area contributed by atoms with Gasteiger partial charge < -0.3 is 9.47 Å². The van der Waals surface area contributed by atoms with E-state index in [1.165, 1.54) is 37.7 Å². The van der Waals surface area contributed by atoms with Crippen LogP contribution in [-0.2, 0) is 10.9 Å². The van der Waals surface area contributed by atoms with Gasteiger partial charge in [-0.25, -0.2) is 4.79 Å². The van der Waals surface area contributed by atoms with Gasteiger partial charge in [-0.3, -0.25) is 4.98 Å². The molecule has 0 fully saturated rings. The Morgan fingerprint density at radius 2 is 1.77 bits per heavy atom. The van der Waals surface area contributed by atoms with E-state index in [-0.39, 0.29) is 22.4 Å². The number of aromatic nitrogens is 1. The normalized spacial score (nSPS) is 11.1. The van der Waals surface area contributed by atoms with Crippen molar-refractivity contribution in [3.63, 3.8) is 0 Å². The summed E-state index contributed by atoms with van der Waals surface area (Å²) in [6.45, 7) is 0. The Morgan fingerprint density at radius 1 is 1.09 bits per heavy atom. The highest BCUT2D eigenvalue weighted by Gasteiger charge is 2.34. The van der Waals surface area contributed by atoms with Gasteiger partial charge in [-0.05, 0) is 11.6 Å². The van der Waals surface area contributed by atoms with Crippen LogP contribution in [0.25, 0.3) is 11.1 Å². The van der Waals surface area contributed by atoms with E-state index >= 15 is 0 Å². The Hall–Kier alpha value is -2.57. The Morgan fingerprint density at radius 3 is 2.36 bits per heavy atom. The lowest BCUT2D eigenvalue weighted by Crippen LogP contribution is -2.11. The number of ether oxygens (including phenoxy) is 2. The highest BCUT2D eigenvalue weighted by Crippen LogP contribution is 2.39. The van der Waals surface area contributed by atoms with E-state index in [1.54, 1.807) is 0 Å². The molecule has 116 valence electrons. The molecule has 2 aromatic rings. The number of esters is 1. The van der Waals surface area contributed by atoms with Crippen molar-refractivity contribution in [2.45, 2.75) is 6.18 Å². The standard InChI is InChI=1S/C15H12F3NO3/c1-21-12-8-19-7-10(13(12)14(20)22-2)9-5-3-4-6-11(9)15(16,17)18/h3-8H,1-2H3. The van der Waals surface area contributed by atoms with Crippen LogP contribution in [0.1, 0.15) is 15.9 Å². The van der Waals surface area contributed by atoms with Crippen LogP contribution in [0, 0.1) is 0 Å². The van der Waals surface area contributed by atoms with Crippen LogP contribution in [0.2, 0.25) is 0 Å². The van der Waals surface area contributed by atoms with Crippen LogP contribution in [0.15, 0.2) is 36.7 Å². The summed E-state index contributed by atoms with van der Waals surface area (Å²) in [5.74, 6) is -0.757. The van der Waals surface area contributed by atoms with Crippen LogP contribution >= 0.6 is 0 Å². The largest absolute Gasteiger partial charge is 0.494 e. The lowest BCUT2D eigenvalue weighted by molar-refractivity contribution is -0.137. The van der Waals surface area contributed by atoms with Crippen molar-refractivity contribution < 1.29 is 27.4 Å². The van der Waals surface area contributed by atoms with E-state index in [0.29, 0.717) is 0 Å². The summed E-state index contributed by atoms with van der Waals surface area (Å²) in [5.41, 5.74) is -1.13. The first-order chi connectivity index (χ1) is 10.4. The van der Waals surface area contributed by atoms with Crippen LogP contribution in [-0.4, -0.2) is 25.2 Å². The van der Waals surface area contributed by atoms with E-state index in [1.807, 2.05) is 0 Å². The fraction of sp³-hybridized carbons (Fsp3) is 0.200. The molecule has 0 unspecified atom stereocenters. The average Bonchev–Trinajstić information content (AvgIpc) is 2.52. The van der Waals surface area contributed by atoms with Gasteiger partial charge in [0.1, 0.15) is 5.56 Å². The number of methoxy groups -OCH3 is 2. The maximum Gasteiger partial charge on any atom is 0.417 e. The SMILES string of the molecule is COC(=O)c1c(OC)cncc1-c1ccccc1C(F)(F)F. The van der Waals surface area contributed by atoms with Gasteiger partial charge in [0.2, 0.25) is 0 Å². The molecule has 0 atom stereocenters. The molecular formula is C15H12F3NO3. The van der Waals surface area contributed by atoms with Crippen LogP contribution in [0.3, 0.4) is 0 Å². The average molecular weight is 311 g/mol. The second-order valence-corrected chi connectivity index (χ2v) is 4.30. The van der Waals surface area contributed by atoms with Gasteiger partial charge in [-0.1, -0.05) is 18.2 Å². The zero-order valence-electron chi connectivity index (χ0n) is 11.8. The maximum atomic E-state index is 13.2. The number of carbonyl (C=O) groups excluding carboxylic acids is 1. The van der Waals surface area contributed by atoms with E-state index in [0.717, 1.165) is 13.2 Å². The number of benzene rings is 1. The maximum absolute atomic E-state index is 13.2. The number of alkyl halides is 3. The molecule has 2 rings (SSSR count).